The molecule has 1 aliphatic rings. The molecule has 1 saturated heterocycles. The lowest BCUT2D eigenvalue weighted by atomic mass is 9.74. The van der Waals surface area contributed by atoms with Gasteiger partial charge in [-0.05, 0) is 34.7 Å². The number of hydrogen-bond acceptors (Lipinski definition) is 4. The van der Waals surface area contributed by atoms with Gasteiger partial charge in [0.15, 0.2) is 0 Å². The van der Waals surface area contributed by atoms with Crippen molar-refractivity contribution in [2.24, 2.45) is 11.1 Å². The number of nitrogens with zero attached hydrogens (tertiary/aromatic N) is 2. The van der Waals surface area contributed by atoms with Crippen molar-refractivity contribution in [1.29, 1.82) is 0 Å². The minimum Gasteiger partial charge on any atom is -0.354 e. The molecule has 0 aromatic rings. The van der Waals surface area contributed by atoms with E-state index in [-0.39, 0.29) is 5.91 Å². The molecule has 112 valence electrons. The van der Waals surface area contributed by atoms with Crippen LogP contribution in [0.5, 0.6) is 0 Å². The molecule has 0 spiro atoms. The van der Waals surface area contributed by atoms with Gasteiger partial charge in [-0.1, -0.05) is 0 Å². The summed E-state index contributed by atoms with van der Waals surface area (Å²) in [4.78, 5) is 16.9. The largest absolute Gasteiger partial charge is 0.354 e. The van der Waals surface area contributed by atoms with Crippen LogP contribution in [-0.4, -0.2) is 67.6 Å². The Hall–Kier alpha value is -0.650. The van der Waals surface area contributed by atoms with E-state index in [9.17, 15) is 4.79 Å². The van der Waals surface area contributed by atoms with Gasteiger partial charge in [-0.3, -0.25) is 9.69 Å². The summed E-state index contributed by atoms with van der Waals surface area (Å²) >= 11 is 0. The molecule has 0 atom stereocenters. The van der Waals surface area contributed by atoms with E-state index in [0.29, 0.717) is 6.54 Å². The Bertz CT molecular complexity index is 301. The average molecular weight is 270 g/mol. The Morgan fingerprint density at radius 1 is 1.16 bits per heavy atom. The maximum absolute atomic E-state index is 12.2. The molecule has 3 N–H and O–H groups in total. The predicted molar refractivity (Wildman–Crippen MR) is 79.0 cm³/mol. The van der Waals surface area contributed by atoms with Crippen molar-refractivity contribution in [3.63, 3.8) is 0 Å². The van der Waals surface area contributed by atoms with Crippen LogP contribution in [0.1, 0.15) is 27.7 Å². The number of piperazine rings is 1. The summed E-state index contributed by atoms with van der Waals surface area (Å²) in [6, 6.07) is 0. The topological polar surface area (TPSA) is 61.6 Å². The second kappa shape index (κ2) is 6.20. The van der Waals surface area contributed by atoms with Crippen LogP contribution < -0.4 is 11.1 Å². The first-order chi connectivity index (χ1) is 8.64. The highest BCUT2D eigenvalue weighted by Gasteiger charge is 2.40. The highest BCUT2D eigenvalue weighted by molar-refractivity contribution is 5.83. The summed E-state index contributed by atoms with van der Waals surface area (Å²) in [6.45, 7) is 13.6. The number of amides is 1. The van der Waals surface area contributed by atoms with Crippen molar-refractivity contribution in [2.75, 3.05) is 46.3 Å². The molecule has 0 radical (unpaired) electrons. The SMILES string of the molecule is CN1CCN(CCNC(=O)C(C)(C)C(C)(C)N)CC1. The molecular weight excluding hydrogens is 240 g/mol. The Morgan fingerprint density at radius 3 is 2.16 bits per heavy atom. The molecule has 0 saturated carbocycles. The van der Waals surface area contributed by atoms with E-state index in [0.717, 1.165) is 32.7 Å². The maximum atomic E-state index is 12.2. The van der Waals surface area contributed by atoms with Gasteiger partial charge in [0.05, 0.1) is 5.41 Å². The van der Waals surface area contributed by atoms with Gasteiger partial charge in [0, 0.05) is 44.8 Å². The van der Waals surface area contributed by atoms with E-state index < -0.39 is 11.0 Å². The standard InChI is InChI=1S/C14H30N4O/c1-13(2,14(3,4)15)12(19)16-6-7-18-10-8-17(5)9-11-18/h6-11,15H2,1-5H3,(H,16,19). The number of carbonyl (C=O) groups is 1. The van der Waals surface area contributed by atoms with Crippen LogP contribution in [0, 0.1) is 5.41 Å². The van der Waals surface area contributed by atoms with Crippen molar-refractivity contribution in [1.82, 2.24) is 15.1 Å². The molecule has 19 heavy (non-hydrogen) atoms. The molecule has 0 unspecified atom stereocenters. The molecule has 1 fully saturated rings. The lowest BCUT2D eigenvalue weighted by molar-refractivity contribution is -0.132. The zero-order chi connectivity index (χ0) is 14.7. The first-order valence-corrected chi connectivity index (χ1v) is 7.12. The molecule has 5 nitrogen and oxygen atoms in total. The van der Waals surface area contributed by atoms with Crippen molar-refractivity contribution < 1.29 is 4.79 Å². The Balaban J connectivity index is 2.31. The predicted octanol–water partition coefficient (Wildman–Crippen LogP) is 0.114. The average Bonchev–Trinajstić information content (AvgIpc) is 2.30. The Labute approximate surface area is 117 Å². The normalized spacial score (nSPS) is 19.5. The van der Waals surface area contributed by atoms with E-state index in [4.69, 9.17) is 5.73 Å². The van der Waals surface area contributed by atoms with E-state index >= 15 is 0 Å². The minimum atomic E-state index is -0.560. The number of rotatable bonds is 5. The zero-order valence-corrected chi connectivity index (χ0v) is 13.1. The van der Waals surface area contributed by atoms with Gasteiger partial charge in [-0.15, -0.1) is 0 Å². The molecule has 0 aromatic heterocycles. The van der Waals surface area contributed by atoms with Gasteiger partial charge in [-0.25, -0.2) is 0 Å². The molecule has 1 heterocycles. The van der Waals surface area contributed by atoms with Gasteiger partial charge in [0.25, 0.3) is 0 Å². The van der Waals surface area contributed by atoms with Gasteiger partial charge < -0.3 is 16.0 Å². The zero-order valence-electron chi connectivity index (χ0n) is 13.1. The number of hydrogen-bond donors (Lipinski definition) is 2. The molecule has 0 aromatic carbocycles. The molecule has 0 aliphatic carbocycles. The summed E-state index contributed by atoms with van der Waals surface area (Å²) in [5, 5.41) is 3.01. The van der Waals surface area contributed by atoms with Crippen molar-refractivity contribution in [2.45, 2.75) is 33.2 Å². The summed E-state index contributed by atoms with van der Waals surface area (Å²) in [7, 11) is 2.14. The van der Waals surface area contributed by atoms with Crippen LogP contribution in [0.2, 0.25) is 0 Å². The fourth-order valence-electron chi connectivity index (χ4n) is 1.91. The van der Waals surface area contributed by atoms with Crippen LogP contribution >= 0.6 is 0 Å². The molecule has 1 rings (SSSR count). The fourth-order valence-corrected chi connectivity index (χ4v) is 1.91. The first kappa shape index (κ1) is 16.4. The van der Waals surface area contributed by atoms with Crippen LogP contribution in [-0.2, 0) is 4.79 Å². The third-order valence-electron chi connectivity index (χ3n) is 4.49. The highest BCUT2D eigenvalue weighted by atomic mass is 16.2. The van der Waals surface area contributed by atoms with Crippen molar-refractivity contribution in [3.05, 3.63) is 0 Å². The molecule has 1 aliphatic heterocycles. The number of nitrogens with one attached hydrogen (secondary N) is 1. The van der Waals surface area contributed by atoms with Gasteiger partial charge in [0.1, 0.15) is 0 Å². The quantitative estimate of drug-likeness (QED) is 0.744. The molecule has 0 bridgehead atoms. The molecular formula is C14H30N4O. The summed E-state index contributed by atoms with van der Waals surface area (Å²) in [6.07, 6.45) is 0. The monoisotopic (exact) mass is 270 g/mol. The number of nitrogens with two attached hydrogens (primary N) is 1. The van der Waals surface area contributed by atoms with Gasteiger partial charge >= 0.3 is 0 Å². The summed E-state index contributed by atoms with van der Waals surface area (Å²) in [5.41, 5.74) is 4.98. The van der Waals surface area contributed by atoms with Crippen LogP contribution in [0.3, 0.4) is 0 Å². The Kier molecular flexibility index (Phi) is 5.35. The highest BCUT2D eigenvalue weighted by Crippen LogP contribution is 2.28. The number of likely N-dealkylation sites (N-methyl/N-ethyl adjacent to an activating group) is 1. The third kappa shape index (κ3) is 4.44. The van der Waals surface area contributed by atoms with Crippen LogP contribution in [0.4, 0.5) is 0 Å². The van der Waals surface area contributed by atoms with E-state index in [2.05, 4.69) is 22.2 Å². The smallest absolute Gasteiger partial charge is 0.227 e. The third-order valence-corrected chi connectivity index (χ3v) is 4.49. The van der Waals surface area contributed by atoms with E-state index in [1.165, 1.54) is 0 Å². The second-order valence-corrected chi connectivity index (χ2v) is 6.75. The first-order valence-electron chi connectivity index (χ1n) is 7.12. The van der Waals surface area contributed by atoms with Gasteiger partial charge in [0.2, 0.25) is 5.91 Å². The van der Waals surface area contributed by atoms with E-state index in [1.807, 2.05) is 27.7 Å². The Morgan fingerprint density at radius 2 is 1.68 bits per heavy atom. The maximum Gasteiger partial charge on any atom is 0.227 e. The van der Waals surface area contributed by atoms with Crippen molar-refractivity contribution >= 4 is 5.91 Å². The minimum absolute atomic E-state index is 0.0362. The van der Waals surface area contributed by atoms with Crippen LogP contribution in [0.15, 0.2) is 0 Å². The van der Waals surface area contributed by atoms with Gasteiger partial charge in [-0.2, -0.15) is 0 Å². The number of carbonyl (C=O) groups excluding carboxylic acids is 1. The molecule has 5 heteroatoms. The van der Waals surface area contributed by atoms with Crippen LogP contribution in [0.25, 0.3) is 0 Å². The fraction of sp³-hybridized carbons (Fsp3) is 0.929. The molecule has 1 amide bonds. The van der Waals surface area contributed by atoms with E-state index in [1.54, 1.807) is 0 Å². The lowest BCUT2D eigenvalue weighted by Crippen LogP contribution is -2.56. The lowest BCUT2D eigenvalue weighted by Gasteiger charge is -2.37. The second-order valence-electron chi connectivity index (χ2n) is 6.75. The summed E-state index contributed by atoms with van der Waals surface area (Å²) < 4.78 is 0. The van der Waals surface area contributed by atoms with Crippen molar-refractivity contribution in [3.8, 4) is 0 Å². The summed E-state index contributed by atoms with van der Waals surface area (Å²) in [5.74, 6) is 0.0362.